The van der Waals surface area contributed by atoms with Gasteiger partial charge in [-0.15, -0.1) is 0 Å². The lowest BCUT2D eigenvalue weighted by Gasteiger charge is -2.28. The van der Waals surface area contributed by atoms with E-state index in [2.05, 4.69) is 25.5 Å². The van der Waals surface area contributed by atoms with Gasteiger partial charge < -0.3 is 9.47 Å². The molecule has 1 aromatic heterocycles. The van der Waals surface area contributed by atoms with Gasteiger partial charge in [0, 0.05) is 30.0 Å². The van der Waals surface area contributed by atoms with Gasteiger partial charge in [-0.2, -0.15) is 0 Å². The Balaban J connectivity index is 1.88. The zero-order valence-corrected chi connectivity index (χ0v) is 12.4. The van der Waals surface area contributed by atoms with Crippen LogP contribution in [0.25, 0.3) is 0 Å². The van der Waals surface area contributed by atoms with Crippen molar-refractivity contribution in [2.45, 2.75) is 13.1 Å². The number of imidazole rings is 1. The first kappa shape index (κ1) is 12.7. The number of hydrogen-bond acceptors (Lipinski definition) is 2. The van der Waals surface area contributed by atoms with Gasteiger partial charge in [-0.1, -0.05) is 17.7 Å². The fraction of sp³-hybridized carbons (Fsp3) is 0.231. The largest absolute Gasteiger partial charge is 0.332 e. The number of fused-ring (bicyclic) bond motifs is 1. The summed E-state index contributed by atoms with van der Waals surface area (Å²) < 4.78 is 2.80. The van der Waals surface area contributed by atoms with Crippen LogP contribution in [0.4, 0.5) is 0 Å². The summed E-state index contributed by atoms with van der Waals surface area (Å²) in [5, 5.41) is 0.460. The van der Waals surface area contributed by atoms with Gasteiger partial charge in [0.2, 0.25) is 0 Å². The lowest BCUT2D eigenvalue weighted by Crippen LogP contribution is -2.38. The number of benzene rings is 1. The number of carbonyl (C=O) groups is 1. The van der Waals surface area contributed by atoms with Gasteiger partial charge in [0.1, 0.15) is 5.82 Å². The number of aromatic nitrogens is 2. The number of halogens is 2. The summed E-state index contributed by atoms with van der Waals surface area (Å²) >= 11 is 9.51. The van der Waals surface area contributed by atoms with Crippen LogP contribution in [0.1, 0.15) is 16.2 Å². The van der Waals surface area contributed by atoms with Crippen LogP contribution < -0.4 is 0 Å². The zero-order chi connectivity index (χ0) is 13.4. The van der Waals surface area contributed by atoms with Crippen molar-refractivity contribution in [2.75, 3.05) is 6.54 Å². The van der Waals surface area contributed by atoms with Crippen molar-refractivity contribution < 1.29 is 4.79 Å². The minimum Gasteiger partial charge on any atom is -0.332 e. The van der Waals surface area contributed by atoms with Gasteiger partial charge in [-0.25, -0.2) is 4.98 Å². The molecule has 4 nitrogen and oxygen atoms in total. The molecule has 2 heterocycles. The van der Waals surface area contributed by atoms with E-state index < -0.39 is 0 Å². The second-order valence-corrected chi connectivity index (χ2v) is 5.60. The standard InChI is InChI=1S/C13H11BrClN3O/c14-10-3-1-2-9(12(10)15)13(19)18-7-6-17-5-4-16-11(17)8-18/h1-5H,6-8H2. The van der Waals surface area contributed by atoms with Crippen molar-refractivity contribution in [3.63, 3.8) is 0 Å². The van der Waals surface area contributed by atoms with Crippen molar-refractivity contribution >= 4 is 33.4 Å². The number of nitrogens with zero attached hydrogens (tertiary/aromatic N) is 3. The smallest absolute Gasteiger partial charge is 0.255 e. The van der Waals surface area contributed by atoms with Crippen LogP contribution >= 0.6 is 27.5 Å². The molecule has 0 radical (unpaired) electrons. The van der Waals surface area contributed by atoms with Gasteiger partial charge >= 0.3 is 0 Å². The summed E-state index contributed by atoms with van der Waals surface area (Å²) in [5.74, 6) is 0.853. The molecule has 6 heteroatoms. The molecular formula is C13H11BrClN3O. The van der Waals surface area contributed by atoms with Crippen molar-refractivity contribution in [1.29, 1.82) is 0 Å². The predicted molar refractivity (Wildman–Crippen MR) is 76.1 cm³/mol. The van der Waals surface area contributed by atoms with Gasteiger partial charge in [-0.05, 0) is 28.1 Å². The van der Waals surface area contributed by atoms with E-state index in [9.17, 15) is 4.79 Å². The van der Waals surface area contributed by atoms with E-state index in [0.717, 1.165) is 16.8 Å². The first-order chi connectivity index (χ1) is 9.16. The van der Waals surface area contributed by atoms with E-state index in [-0.39, 0.29) is 5.91 Å². The third kappa shape index (κ3) is 2.28. The topological polar surface area (TPSA) is 38.1 Å². The summed E-state index contributed by atoms with van der Waals surface area (Å²) in [4.78, 5) is 18.5. The average Bonchev–Trinajstić information content (AvgIpc) is 2.88. The first-order valence-corrected chi connectivity index (χ1v) is 7.07. The van der Waals surface area contributed by atoms with Crippen molar-refractivity contribution in [2.24, 2.45) is 0 Å². The van der Waals surface area contributed by atoms with E-state index in [0.29, 0.717) is 23.7 Å². The molecule has 19 heavy (non-hydrogen) atoms. The molecule has 0 saturated heterocycles. The molecule has 1 amide bonds. The van der Waals surface area contributed by atoms with Crippen LogP contribution in [-0.2, 0) is 13.1 Å². The normalized spacial score (nSPS) is 14.3. The minimum atomic E-state index is -0.0550. The molecule has 2 aromatic rings. The summed E-state index contributed by atoms with van der Waals surface area (Å²) in [6.07, 6.45) is 3.69. The average molecular weight is 341 g/mol. The molecule has 1 aliphatic rings. The quantitative estimate of drug-likeness (QED) is 0.800. The Morgan fingerprint density at radius 3 is 3.05 bits per heavy atom. The molecule has 0 atom stereocenters. The van der Waals surface area contributed by atoms with Gasteiger partial charge in [0.15, 0.2) is 0 Å². The van der Waals surface area contributed by atoms with Crippen LogP contribution in [-0.4, -0.2) is 26.9 Å². The monoisotopic (exact) mass is 339 g/mol. The second-order valence-electron chi connectivity index (χ2n) is 4.36. The second kappa shape index (κ2) is 4.98. The van der Waals surface area contributed by atoms with E-state index in [4.69, 9.17) is 11.6 Å². The lowest BCUT2D eigenvalue weighted by atomic mass is 10.2. The van der Waals surface area contributed by atoms with Gasteiger partial charge in [0.05, 0.1) is 17.1 Å². The molecule has 0 N–H and O–H groups in total. The molecule has 0 spiro atoms. The molecular weight excluding hydrogens is 330 g/mol. The molecule has 0 saturated carbocycles. The number of rotatable bonds is 1. The number of amides is 1. The number of carbonyl (C=O) groups excluding carboxylic acids is 1. The highest BCUT2D eigenvalue weighted by Gasteiger charge is 2.24. The zero-order valence-electron chi connectivity index (χ0n) is 10.0. The van der Waals surface area contributed by atoms with Gasteiger partial charge in [0.25, 0.3) is 5.91 Å². The SMILES string of the molecule is O=C(c1cccc(Br)c1Cl)N1CCn2ccnc2C1. The van der Waals surface area contributed by atoms with Crippen LogP contribution in [0.3, 0.4) is 0 Å². The Labute approximate surface area is 124 Å². The molecule has 3 rings (SSSR count). The lowest BCUT2D eigenvalue weighted by molar-refractivity contribution is 0.0707. The van der Waals surface area contributed by atoms with Crippen molar-refractivity contribution in [3.05, 3.63) is 51.5 Å². The summed E-state index contributed by atoms with van der Waals surface area (Å²) in [6, 6.07) is 5.38. The Hall–Kier alpha value is -1.33. The minimum absolute atomic E-state index is 0.0550. The molecule has 98 valence electrons. The highest BCUT2D eigenvalue weighted by Crippen LogP contribution is 2.27. The van der Waals surface area contributed by atoms with Crippen LogP contribution in [0.2, 0.25) is 5.02 Å². The van der Waals surface area contributed by atoms with E-state index in [1.165, 1.54) is 0 Å². The highest BCUT2D eigenvalue weighted by molar-refractivity contribution is 9.10. The fourth-order valence-corrected chi connectivity index (χ4v) is 2.76. The predicted octanol–water partition coefficient (Wildman–Crippen LogP) is 2.96. The van der Waals surface area contributed by atoms with Crippen molar-refractivity contribution in [3.8, 4) is 0 Å². The van der Waals surface area contributed by atoms with E-state index in [1.54, 1.807) is 17.2 Å². The Morgan fingerprint density at radius 1 is 1.37 bits per heavy atom. The Morgan fingerprint density at radius 2 is 2.21 bits per heavy atom. The van der Waals surface area contributed by atoms with E-state index >= 15 is 0 Å². The third-order valence-electron chi connectivity index (χ3n) is 3.21. The highest BCUT2D eigenvalue weighted by atomic mass is 79.9. The van der Waals surface area contributed by atoms with Crippen LogP contribution in [0, 0.1) is 0 Å². The fourth-order valence-electron chi connectivity index (χ4n) is 2.19. The summed E-state index contributed by atoms with van der Waals surface area (Å²) in [7, 11) is 0. The summed E-state index contributed by atoms with van der Waals surface area (Å²) in [6.45, 7) is 1.96. The maximum atomic E-state index is 12.5. The molecule has 0 unspecified atom stereocenters. The number of hydrogen-bond donors (Lipinski definition) is 0. The first-order valence-electron chi connectivity index (χ1n) is 5.90. The molecule has 0 bridgehead atoms. The molecule has 0 fully saturated rings. The van der Waals surface area contributed by atoms with Crippen LogP contribution in [0.15, 0.2) is 35.1 Å². The maximum absolute atomic E-state index is 12.5. The van der Waals surface area contributed by atoms with Crippen molar-refractivity contribution in [1.82, 2.24) is 14.5 Å². The Kier molecular flexibility index (Phi) is 3.33. The molecule has 0 aliphatic carbocycles. The maximum Gasteiger partial charge on any atom is 0.255 e. The van der Waals surface area contributed by atoms with Crippen LogP contribution in [0.5, 0.6) is 0 Å². The Bertz CT molecular complexity index is 641. The summed E-state index contributed by atoms with van der Waals surface area (Å²) in [5.41, 5.74) is 0.524. The molecule has 1 aromatic carbocycles. The van der Waals surface area contributed by atoms with Gasteiger partial charge in [-0.3, -0.25) is 4.79 Å². The third-order valence-corrected chi connectivity index (χ3v) is 4.51. The molecule has 1 aliphatic heterocycles. The van der Waals surface area contributed by atoms with E-state index in [1.807, 2.05) is 18.3 Å².